The van der Waals surface area contributed by atoms with Crippen molar-refractivity contribution in [3.63, 3.8) is 0 Å². The molecule has 60 valence electrons. The molecule has 2 atom stereocenters. The number of hydrogen-bond donors (Lipinski definition) is 0. The number of rotatable bonds is 5. The van der Waals surface area contributed by atoms with E-state index in [9.17, 15) is 4.79 Å². The van der Waals surface area contributed by atoms with E-state index in [2.05, 4.69) is 9.24 Å². The summed E-state index contributed by atoms with van der Waals surface area (Å²) in [5.74, 6) is 0. The standard InChI is InChI=1S/C6H11Cl2OP/c7-6(8)5(10)3-1-2-4-9/h4-6H,1-3,10H2. The fourth-order valence-corrected chi connectivity index (χ4v) is 1.05. The molecule has 1 nitrogen and oxygen atoms in total. The highest BCUT2D eigenvalue weighted by Gasteiger charge is 2.09. The van der Waals surface area contributed by atoms with E-state index in [-0.39, 0.29) is 10.5 Å². The minimum atomic E-state index is -0.336. The summed E-state index contributed by atoms with van der Waals surface area (Å²) < 4.78 is 0. The molecule has 0 rings (SSSR count). The van der Waals surface area contributed by atoms with Gasteiger partial charge in [0.1, 0.15) is 11.1 Å². The lowest BCUT2D eigenvalue weighted by atomic mass is 10.2. The van der Waals surface area contributed by atoms with Crippen molar-refractivity contribution in [1.29, 1.82) is 0 Å². The molecule has 0 spiro atoms. The zero-order chi connectivity index (χ0) is 7.98. The van der Waals surface area contributed by atoms with E-state index in [0.29, 0.717) is 6.42 Å². The maximum Gasteiger partial charge on any atom is 0.119 e. The van der Waals surface area contributed by atoms with Crippen LogP contribution >= 0.6 is 32.4 Å². The van der Waals surface area contributed by atoms with Gasteiger partial charge in [-0.3, -0.25) is 0 Å². The molecule has 0 aliphatic rings. The molecule has 0 amide bonds. The van der Waals surface area contributed by atoms with Crippen LogP contribution in [-0.4, -0.2) is 16.8 Å². The van der Waals surface area contributed by atoms with Crippen LogP contribution in [0.3, 0.4) is 0 Å². The topological polar surface area (TPSA) is 17.1 Å². The number of halogens is 2. The van der Waals surface area contributed by atoms with Crippen molar-refractivity contribution in [3.8, 4) is 0 Å². The van der Waals surface area contributed by atoms with E-state index >= 15 is 0 Å². The quantitative estimate of drug-likeness (QED) is 0.289. The zero-order valence-electron chi connectivity index (χ0n) is 5.59. The number of aldehydes is 1. The van der Waals surface area contributed by atoms with Gasteiger partial charge in [0.25, 0.3) is 0 Å². The van der Waals surface area contributed by atoms with Gasteiger partial charge in [0.2, 0.25) is 0 Å². The van der Waals surface area contributed by atoms with E-state index in [4.69, 9.17) is 23.2 Å². The Kier molecular flexibility index (Phi) is 6.83. The first-order valence-electron chi connectivity index (χ1n) is 3.16. The predicted octanol–water partition coefficient (Wildman–Crippen LogP) is 2.40. The Hall–Kier alpha value is 0.680. The van der Waals surface area contributed by atoms with Gasteiger partial charge < -0.3 is 4.79 Å². The molecule has 0 bridgehead atoms. The van der Waals surface area contributed by atoms with Crippen LogP contribution in [0, 0.1) is 0 Å². The fraction of sp³-hybridized carbons (Fsp3) is 0.833. The maximum atomic E-state index is 9.88. The molecule has 0 aromatic carbocycles. The van der Waals surface area contributed by atoms with Gasteiger partial charge in [0, 0.05) is 12.1 Å². The highest BCUT2D eigenvalue weighted by atomic mass is 35.5. The van der Waals surface area contributed by atoms with Crippen molar-refractivity contribution in [2.24, 2.45) is 0 Å². The Balaban J connectivity index is 3.21. The summed E-state index contributed by atoms with van der Waals surface area (Å²) in [5, 5.41) is 0. The van der Waals surface area contributed by atoms with Crippen LogP contribution in [0.15, 0.2) is 0 Å². The molecular weight excluding hydrogens is 190 g/mol. The van der Waals surface area contributed by atoms with Crippen LogP contribution in [0.5, 0.6) is 0 Å². The molecule has 0 saturated heterocycles. The number of alkyl halides is 2. The average molecular weight is 201 g/mol. The van der Waals surface area contributed by atoms with Crippen molar-refractivity contribution < 1.29 is 4.79 Å². The predicted molar refractivity (Wildman–Crippen MR) is 48.9 cm³/mol. The molecule has 0 radical (unpaired) electrons. The van der Waals surface area contributed by atoms with Crippen molar-refractivity contribution >= 4 is 38.7 Å². The van der Waals surface area contributed by atoms with Crippen LogP contribution < -0.4 is 0 Å². The molecule has 2 unspecified atom stereocenters. The van der Waals surface area contributed by atoms with Gasteiger partial charge in [0.05, 0.1) is 0 Å². The Morgan fingerprint density at radius 1 is 1.50 bits per heavy atom. The third-order valence-corrected chi connectivity index (χ3v) is 3.04. The molecule has 4 heteroatoms. The molecular formula is C6H11Cl2OP. The molecule has 0 heterocycles. The Morgan fingerprint density at radius 3 is 2.50 bits per heavy atom. The molecule has 0 aromatic rings. The Labute approximate surface area is 73.7 Å². The van der Waals surface area contributed by atoms with Crippen LogP contribution in [0.25, 0.3) is 0 Å². The van der Waals surface area contributed by atoms with Crippen molar-refractivity contribution in [2.45, 2.75) is 29.8 Å². The van der Waals surface area contributed by atoms with Gasteiger partial charge in [-0.1, -0.05) is 0 Å². The minimum absolute atomic E-state index is 0.211. The monoisotopic (exact) mass is 200 g/mol. The molecule has 0 saturated carbocycles. The fourth-order valence-electron chi connectivity index (χ4n) is 0.563. The van der Waals surface area contributed by atoms with Gasteiger partial charge in [-0.25, -0.2) is 0 Å². The van der Waals surface area contributed by atoms with Crippen LogP contribution in [0.2, 0.25) is 0 Å². The highest BCUT2D eigenvalue weighted by molar-refractivity contribution is 7.18. The summed E-state index contributed by atoms with van der Waals surface area (Å²) in [6, 6.07) is 0. The second-order valence-corrected chi connectivity index (χ2v) is 4.12. The molecule has 0 aromatic heterocycles. The molecule has 0 N–H and O–H groups in total. The molecule has 0 aliphatic heterocycles. The van der Waals surface area contributed by atoms with Crippen LogP contribution in [0.1, 0.15) is 19.3 Å². The maximum absolute atomic E-state index is 9.88. The number of unbranched alkanes of at least 4 members (excludes halogenated alkanes) is 1. The summed E-state index contributed by atoms with van der Waals surface area (Å²) in [4.78, 5) is 9.55. The normalized spacial score (nSPS) is 13.6. The van der Waals surface area contributed by atoms with E-state index in [1.54, 1.807) is 0 Å². The Morgan fingerprint density at radius 2 is 2.10 bits per heavy atom. The summed E-state index contributed by atoms with van der Waals surface area (Å²) in [7, 11) is 2.56. The highest BCUT2D eigenvalue weighted by Crippen LogP contribution is 2.21. The minimum Gasteiger partial charge on any atom is -0.303 e. The second kappa shape index (κ2) is 6.39. The summed E-state index contributed by atoms with van der Waals surface area (Å²) in [5.41, 5.74) is 0.211. The van der Waals surface area contributed by atoms with Crippen molar-refractivity contribution in [3.05, 3.63) is 0 Å². The third kappa shape index (κ3) is 5.46. The van der Waals surface area contributed by atoms with Gasteiger partial charge in [-0.15, -0.1) is 32.4 Å². The SMILES string of the molecule is O=CCCCC(P)C(Cl)Cl. The van der Waals surface area contributed by atoms with Crippen LogP contribution in [-0.2, 0) is 4.79 Å². The van der Waals surface area contributed by atoms with E-state index in [1.807, 2.05) is 0 Å². The first kappa shape index (κ1) is 10.7. The second-order valence-electron chi connectivity index (χ2n) is 2.10. The third-order valence-electron chi connectivity index (χ3n) is 1.18. The van der Waals surface area contributed by atoms with Crippen LogP contribution in [0.4, 0.5) is 0 Å². The molecule has 0 fully saturated rings. The zero-order valence-corrected chi connectivity index (χ0v) is 8.26. The lowest BCUT2D eigenvalue weighted by molar-refractivity contribution is -0.107. The molecule has 0 aliphatic carbocycles. The van der Waals surface area contributed by atoms with Gasteiger partial charge in [-0.2, -0.15) is 0 Å². The molecule has 10 heavy (non-hydrogen) atoms. The van der Waals surface area contributed by atoms with Crippen molar-refractivity contribution in [2.75, 3.05) is 0 Å². The first-order chi connectivity index (χ1) is 4.68. The van der Waals surface area contributed by atoms with E-state index in [0.717, 1.165) is 19.1 Å². The van der Waals surface area contributed by atoms with E-state index < -0.39 is 0 Å². The first-order valence-corrected chi connectivity index (χ1v) is 4.69. The van der Waals surface area contributed by atoms with Gasteiger partial charge in [-0.05, 0) is 12.8 Å². The number of carbonyl (C=O) groups excluding carboxylic acids is 1. The van der Waals surface area contributed by atoms with E-state index in [1.165, 1.54) is 0 Å². The lowest BCUT2D eigenvalue weighted by Gasteiger charge is -2.09. The van der Waals surface area contributed by atoms with Gasteiger partial charge in [0.15, 0.2) is 0 Å². The Bertz CT molecular complexity index is 97.7. The summed E-state index contributed by atoms with van der Waals surface area (Å²) in [6.45, 7) is 0. The van der Waals surface area contributed by atoms with Crippen molar-refractivity contribution in [1.82, 2.24) is 0 Å². The summed E-state index contributed by atoms with van der Waals surface area (Å²) >= 11 is 11.1. The number of hydrogen-bond acceptors (Lipinski definition) is 1. The largest absolute Gasteiger partial charge is 0.303 e. The lowest BCUT2D eigenvalue weighted by Crippen LogP contribution is -2.06. The smallest absolute Gasteiger partial charge is 0.119 e. The summed E-state index contributed by atoms with van der Waals surface area (Å²) in [6.07, 6.45) is 3.27. The van der Waals surface area contributed by atoms with Gasteiger partial charge >= 0.3 is 0 Å². The average Bonchev–Trinajstić information content (AvgIpc) is 1.88. The number of carbonyl (C=O) groups is 1.